The molecule has 1 fully saturated rings. The molecule has 8 nitrogen and oxygen atoms in total. The van der Waals surface area contributed by atoms with Crippen LogP contribution in [0.1, 0.15) is 44.0 Å². The van der Waals surface area contributed by atoms with E-state index in [2.05, 4.69) is 10.6 Å². The van der Waals surface area contributed by atoms with E-state index in [0.717, 1.165) is 18.9 Å². The Balaban J connectivity index is 2.02. The minimum absolute atomic E-state index is 0.0339. The van der Waals surface area contributed by atoms with Gasteiger partial charge in [-0.25, -0.2) is 4.79 Å². The number of nitro benzene ring substituents is 1. The number of anilines is 1. The molecule has 24 heavy (non-hydrogen) atoms. The van der Waals surface area contributed by atoms with E-state index in [4.69, 9.17) is 4.74 Å². The summed E-state index contributed by atoms with van der Waals surface area (Å²) < 4.78 is 4.91. The number of carbonyl (C=O) groups is 2. The van der Waals surface area contributed by atoms with Gasteiger partial charge in [0.05, 0.1) is 10.5 Å². The van der Waals surface area contributed by atoms with Crippen LogP contribution in [-0.2, 0) is 9.53 Å². The van der Waals surface area contributed by atoms with Crippen LogP contribution in [-0.4, -0.2) is 35.0 Å². The number of carbonyl (C=O) groups excluding carboxylic acids is 2. The average molecular weight is 335 g/mol. The van der Waals surface area contributed by atoms with Gasteiger partial charge >= 0.3 is 5.97 Å². The Morgan fingerprint density at radius 1 is 1.33 bits per heavy atom. The van der Waals surface area contributed by atoms with E-state index < -0.39 is 28.9 Å². The van der Waals surface area contributed by atoms with Crippen molar-refractivity contribution in [3.8, 4) is 0 Å². The third-order valence-electron chi connectivity index (χ3n) is 3.22. The van der Waals surface area contributed by atoms with Crippen molar-refractivity contribution < 1.29 is 19.2 Å². The van der Waals surface area contributed by atoms with Crippen LogP contribution in [0.2, 0.25) is 0 Å². The van der Waals surface area contributed by atoms with E-state index in [9.17, 15) is 19.7 Å². The summed E-state index contributed by atoms with van der Waals surface area (Å²) in [6.07, 6.45) is 1.95. The fourth-order valence-corrected chi connectivity index (χ4v) is 2.05. The van der Waals surface area contributed by atoms with Crippen LogP contribution in [0.25, 0.3) is 0 Å². The Hall–Kier alpha value is -2.64. The molecular weight excluding hydrogens is 314 g/mol. The van der Waals surface area contributed by atoms with E-state index in [1.54, 1.807) is 0 Å². The molecule has 1 aliphatic rings. The van der Waals surface area contributed by atoms with E-state index in [0.29, 0.717) is 5.69 Å². The zero-order valence-corrected chi connectivity index (χ0v) is 13.9. The number of hydrogen-bond donors (Lipinski definition) is 2. The predicted octanol–water partition coefficient (Wildman–Crippen LogP) is 2.24. The molecule has 0 heterocycles. The molecule has 1 aromatic carbocycles. The van der Waals surface area contributed by atoms with Crippen LogP contribution in [0.5, 0.6) is 0 Å². The van der Waals surface area contributed by atoms with Crippen molar-refractivity contribution in [1.29, 1.82) is 0 Å². The van der Waals surface area contributed by atoms with Crippen molar-refractivity contribution in [2.75, 3.05) is 11.9 Å². The first kappa shape index (κ1) is 17.7. The predicted molar refractivity (Wildman–Crippen MR) is 87.9 cm³/mol. The van der Waals surface area contributed by atoms with Gasteiger partial charge in [0.15, 0.2) is 6.61 Å². The monoisotopic (exact) mass is 335 g/mol. The normalized spacial score (nSPS) is 14.0. The van der Waals surface area contributed by atoms with E-state index in [1.165, 1.54) is 12.1 Å². The van der Waals surface area contributed by atoms with Gasteiger partial charge < -0.3 is 15.4 Å². The van der Waals surface area contributed by atoms with Gasteiger partial charge in [-0.2, -0.15) is 0 Å². The van der Waals surface area contributed by atoms with Gasteiger partial charge in [-0.05, 0) is 45.7 Å². The highest BCUT2D eigenvalue weighted by atomic mass is 16.6. The Morgan fingerprint density at radius 2 is 2.00 bits per heavy atom. The standard InChI is InChI=1S/C16H21N3O5/c1-16(2,3)18-14(20)9-24-15(21)10-4-7-12(17-11-5-6-11)13(8-10)19(22)23/h4,7-8,11,17H,5-6,9H2,1-3H3,(H,18,20). The molecule has 2 rings (SSSR count). The van der Waals surface area contributed by atoms with Crippen molar-refractivity contribution >= 4 is 23.3 Å². The minimum Gasteiger partial charge on any atom is -0.452 e. The second-order valence-corrected chi connectivity index (χ2v) is 6.78. The Morgan fingerprint density at radius 3 is 2.54 bits per heavy atom. The Labute approximate surface area is 139 Å². The fraction of sp³-hybridized carbons (Fsp3) is 0.500. The molecule has 130 valence electrons. The number of nitro groups is 1. The first-order chi connectivity index (χ1) is 11.2. The van der Waals surface area contributed by atoms with Gasteiger partial charge in [0.1, 0.15) is 5.69 Å². The summed E-state index contributed by atoms with van der Waals surface area (Å²) in [4.78, 5) is 34.3. The summed E-state index contributed by atoms with van der Waals surface area (Å²) in [7, 11) is 0. The molecule has 1 amide bonds. The SMILES string of the molecule is CC(C)(C)NC(=O)COC(=O)c1ccc(NC2CC2)c([N+](=O)[O-])c1. The maximum atomic E-state index is 12.0. The molecule has 0 radical (unpaired) electrons. The fourth-order valence-electron chi connectivity index (χ4n) is 2.05. The van der Waals surface area contributed by atoms with Crippen LogP contribution in [0.15, 0.2) is 18.2 Å². The highest BCUT2D eigenvalue weighted by Gasteiger charge is 2.26. The lowest BCUT2D eigenvalue weighted by Gasteiger charge is -2.20. The van der Waals surface area contributed by atoms with E-state index >= 15 is 0 Å². The summed E-state index contributed by atoms with van der Waals surface area (Å²) in [5.41, 5.74) is -0.204. The first-order valence-corrected chi connectivity index (χ1v) is 7.69. The van der Waals surface area contributed by atoms with Crippen molar-refractivity contribution in [2.45, 2.75) is 45.2 Å². The van der Waals surface area contributed by atoms with E-state index in [1.807, 2.05) is 20.8 Å². The summed E-state index contributed by atoms with van der Waals surface area (Å²) >= 11 is 0. The summed E-state index contributed by atoms with van der Waals surface area (Å²) in [5, 5.41) is 16.9. The number of rotatable bonds is 6. The van der Waals surface area contributed by atoms with Crippen LogP contribution >= 0.6 is 0 Å². The average Bonchev–Trinajstić information content (AvgIpc) is 3.27. The molecule has 1 saturated carbocycles. The number of nitrogens with one attached hydrogen (secondary N) is 2. The summed E-state index contributed by atoms with van der Waals surface area (Å²) in [6, 6.07) is 4.35. The number of amides is 1. The molecule has 0 atom stereocenters. The zero-order chi connectivity index (χ0) is 17.9. The minimum atomic E-state index is -0.778. The molecule has 2 N–H and O–H groups in total. The molecule has 1 aromatic rings. The molecule has 0 bridgehead atoms. The van der Waals surface area contributed by atoms with Gasteiger partial charge in [-0.3, -0.25) is 14.9 Å². The third kappa shape index (κ3) is 5.22. The molecule has 0 unspecified atom stereocenters. The molecule has 0 spiro atoms. The second kappa shape index (κ2) is 6.86. The number of esters is 1. The molecule has 0 saturated heterocycles. The van der Waals surface area contributed by atoms with Gasteiger partial charge in [0, 0.05) is 17.6 Å². The van der Waals surface area contributed by atoms with Crippen LogP contribution in [0, 0.1) is 10.1 Å². The van der Waals surface area contributed by atoms with Crippen molar-refractivity contribution in [3.63, 3.8) is 0 Å². The molecule has 0 aliphatic heterocycles. The molecule has 0 aromatic heterocycles. The smallest absolute Gasteiger partial charge is 0.338 e. The quantitative estimate of drug-likeness (QED) is 0.468. The lowest BCUT2D eigenvalue weighted by Crippen LogP contribution is -2.42. The number of nitrogens with zero attached hydrogens (tertiary/aromatic N) is 1. The van der Waals surface area contributed by atoms with Gasteiger partial charge in [0.2, 0.25) is 0 Å². The van der Waals surface area contributed by atoms with Crippen molar-refractivity contribution in [2.24, 2.45) is 0 Å². The largest absolute Gasteiger partial charge is 0.452 e. The molecule has 8 heteroatoms. The Kier molecular flexibility index (Phi) is 5.06. The topological polar surface area (TPSA) is 111 Å². The Bertz CT molecular complexity index is 662. The van der Waals surface area contributed by atoms with Gasteiger partial charge in [-0.1, -0.05) is 0 Å². The summed E-state index contributed by atoms with van der Waals surface area (Å²) in [6.45, 7) is 4.98. The van der Waals surface area contributed by atoms with Crippen LogP contribution in [0.4, 0.5) is 11.4 Å². The van der Waals surface area contributed by atoms with Gasteiger partial charge in [0.25, 0.3) is 11.6 Å². The second-order valence-electron chi connectivity index (χ2n) is 6.78. The van der Waals surface area contributed by atoms with Crippen molar-refractivity contribution in [3.05, 3.63) is 33.9 Å². The zero-order valence-electron chi connectivity index (χ0n) is 13.9. The number of ether oxygens (including phenoxy) is 1. The van der Waals surface area contributed by atoms with E-state index in [-0.39, 0.29) is 17.3 Å². The van der Waals surface area contributed by atoms with Crippen LogP contribution < -0.4 is 10.6 Å². The maximum absolute atomic E-state index is 12.0. The number of benzene rings is 1. The third-order valence-corrected chi connectivity index (χ3v) is 3.22. The maximum Gasteiger partial charge on any atom is 0.338 e. The molecular formula is C16H21N3O5. The number of hydrogen-bond acceptors (Lipinski definition) is 6. The highest BCUT2D eigenvalue weighted by molar-refractivity contribution is 5.93. The lowest BCUT2D eigenvalue weighted by molar-refractivity contribution is -0.384. The highest BCUT2D eigenvalue weighted by Crippen LogP contribution is 2.31. The first-order valence-electron chi connectivity index (χ1n) is 7.69. The lowest BCUT2D eigenvalue weighted by atomic mass is 10.1. The van der Waals surface area contributed by atoms with Crippen LogP contribution in [0.3, 0.4) is 0 Å². The molecule has 1 aliphatic carbocycles. The van der Waals surface area contributed by atoms with Crippen molar-refractivity contribution in [1.82, 2.24) is 5.32 Å². The van der Waals surface area contributed by atoms with Gasteiger partial charge in [-0.15, -0.1) is 0 Å². The summed E-state index contributed by atoms with van der Waals surface area (Å²) in [5.74, 6) is -1.21.